The Morgan fingerprint density at radius 3 is 2.33 bits per heavy atom. The molecule has 0 spiro atoms. The van der Waals surface area contributed by atoms with E-state index in [0.717, 1.165) is 115 Å². The Kier molecular flexibility index (Phi) is 9.25. The van der Waals surface area contributed by atoms with Crippen molar-refractivity contribution in [3.8, 4) is 0 Å². The van der Waals surface area contributed by atoms with Crippen LogP contribution in [0.1, 0.15) is 36.6 Å². The molecule has 9 nitrogen and oxygen atoms in total. The number of H-pyrrole nitrogens is 1. The van der Waals surface area contributed by atoms with Crippen molar-refractivity contribution in [1.29, 1.82) is 0 Å². The molecule has 3 fully saturated rings. The fourth-order valence-electron chi connectivity index (χ4n) is 5.46. The second kappa shape index (κ2) is 13.0. The van der Waals surface area contributed by atoms with Crippen LogP contribution in [0.3, 0.4) is 0 Å². The van der Waals surface area contributed by atoms with Crippen molar-refractivity contribution in [2.45, 2.75) is 31.6 Å². The minimum absolute atomic E-state index is 0.601. The van der Waals surface area contributed by atoms with E-state index in [1.165, 1.54) is 29.3 Å². The summed E-state index contributed by atoms with van der Waals surface area (Å²) in [5.74, 6) is 1.44. The molecule has 0 radical (unpaired) electrons. The molecule has 3 aliphatic heterocycles. The molecule has 0 bridgehead atoms. The first-order valence-electron chi connectivity index (χ1n) is 13.7. The van der Waals surface area contributed by atoms with Gasteiger partial charge in [0.25, 0.3) is 0 Å². The number of hydrogen-bond donors (Lipinski definition) is 3. The molecule has 0 atom stereocenters. The van der Waals surface area contributed by atoms with Gasteiger partial charge in [-0.05, 0) is 69.1 Å². The van der Waals surface area contributed by atoms with E-state index in [9.17, 15) is 0 Å². The Morgan fingerprint density at radius 2 is 1.64 bits per heavy atom. The van der Waals surface area contributed by atoms with Crippen LogP contribution in [-0.4, -0.2) is 105 Å². The Bertz CT molecular complexity index is 1060. The van der Waals surface area contributed by atoms with E-state index in [1.54, 1.807) is 0 Å². The molecule has 3 aromatic rings. The first-order chi connectivity index (χ1) is 17.8. The number of hydrogen-bond acceptors (Lipinski definition) is 8. The molecule has 36 heavy (non-hydrogen) atoms. The number of ether oxygens (including phenoxy) is 2. The maximum atomic E-state index is 6.08. The SMILES string of the molecule is NCCCN1CCOCC1.c1[nH]c2ccc3oc(CCN4CCOCC4)nc3c2c1C1CCNCC1. The third-order valence-corrected chi connectivity index (χ3v) is 7.58. The fourth-order valence-corrected chi connectivity index (χ4v) is 5.46. The molecule has 3 aliphatic rings. The highest BCUT2D eigenvalue weighted by Gasteiger charge is 2.22. The summed E-state index contributed by atoms with van der Waals surface area (Å²) >= 11 is 0. The number of morpholine rings is 2. The van der Waals surface area contributed by atoms with Crippen molar-refractivity contribution in [1.82, 2.24) is 25.1 Å². The number of fused-ring (bicyclic) bond motifs is 3. The lowest BCUT2D eigenvalue weighted by Crippen LogP contribution is -2.37. The number of aromatic amines is 1. The molecule has 2 aromatic heterocycles. The molecular weight excluding hydrogens is 456 g/mol. The van der Waals surface area contributed by atoms with E-state index in [-0.39, 0.29) is 0 Å². The highest BCUT2D eigenvalue weighted by molar-refractivity contribution is 6.04. The van der Waals surface area contributed by atoms with Crippen LogP contribution in [0.15, 0.2) is 22.7 Å². The standard InChI is InChI=1S/C20H26N4O2.C7H16N2O/c1-2-17-20(23-18(26-17)5-8-24-9-11-25-12-10-24)19-15(13-22-16(1)19)14-3-6-21-7-4-14;8-2-1-3-9-4-6-10-7-5-9/h1-2,13-14,21-22H,3-12H2;1-8H2. The molecule has 0 aliphatic carbocycles. The molecule has 1 aromatic carbocycles. The van der Waals surface area contributed by atoms with Crippen molar-refractivity contribution in [2.24, 2.45) is 5.73 Å². The van der Waals surface area contributed by atoms with Crippen LogP contribution in [0, 0.1) is 0 Å². The third kappa shape index (κ3) is 6.45. The zero-order valence-corrected chi connectivity index (χ0v) is 21.5. The van der Waals surface area contributed by atoms with Gasteiger partial charge in [0, 0.05) is 56.2 Å². The lowest BCUT2D eigenvalue weighted by molar-refractivity contribution is 0.0377. The van der Waals surface area contributed by atoms with Gasteiger partial charge in [-0.1, -0.05) is 0 Å². The fraction of sp³-hybridized carbons (Fsp3) is 0.667. The first-order valence-corrected chi connectivity index (χ1v) is 13.7. The van der Waals surface area contributed by atoms with Gasteiger partial charge < -0.3 is 29.9 Å². The van der Waals surface area contributed by atoms with Gasteiger partial charge in [-0.25, -0.2) is 4.98 Å². The maximum absolute atomic E-state index is 6.08. The summed E-state index contributed by atoms with van der Waals surface area (Å²) in [5, 5.41) is 4.72. The van der Waals surface area contributed by atoms with E-state index < -0.39 is 0 Å². The van der Waals surface area contributed by atoms with Crippen LogP contribution in [0.2, 0.25) is 0 Å². The number of nitrogens with zero attached hydrogens (tertiary/aromatic N) is 3. The third-order valence-electron chi connectivity index (χ3n) is 7.58. The molecule has 4 N–H and O–H groups in total. The number of nitrogens with one attached hydrogen (secondary N) is 2. The summed E-state index contributed by atoms with van der Waals surface area (Å²) in [7, 11) is 0. The van der Waals surface area contributed by atoms with E-state index in [4.69, 9.17) is 24.6 Å². The van der Waals surface area contributed by atoms with Gasteiger partial charge in [-0.15, -0.1) is 0 Å². The predicted molar refractivity (Wildman–Crippen MR) is 143 cm³/mol. The summed E-state index contributed by atoms with van der Waals surface area (Å²) in [6.07, 6.45) is 6.52. The molecule has 0 amide bonds. The van der Waals surface area contributed by atoms with E-state index in [1.807, 2.05) is 6.07 Å². The first kappa shape index (κ1) is 25.6. The second-order valence-corrected chi connectivity index (χ2v) is 10.0. The largest absolute Gasteiger partial charge is 0.441 e. The summed E-state index contributed by atoms with van der Waals surface area (Å²) < 4.78 is 16.7. The zero-order chi connectivity index (χ0) is 24.6. The lowest BCUT2D eigenvalue weighted by Gasteiger charge is -2.26. The Morgan fingerprint density at radius 1 is 0.944 bits per heavy atom. The topological polar surface area (TPSA) is 105 Å². The monoisotopic (exact) mass is 498 g/mol. The van der Waals surface area contributed by atoms with E-state index in [2.05, 4.69) is 32.4 Å². The highest BCUT2D eigenvalue weighted by Crippen LogP contribution is 2.35. The van der Waals surface area contributed by atoms with Crippen molar-refractivity contribution in [3.05, 3.63) is 29.8 Å². The van der Waals surface area contributed by atoms with Crippen molar-refractivity contribution < 1.29 is 13.9 Å². The summed E-state index contributed by atoms with van der Waals surface area (Å²) in [5.41, 5.74) is 9.89. The zero-order valence-electron chi connectivity index (χ0n) is 21.5. The summed E-state index contributed by atoms with van der Waals surface area (Å²) in [6, 6.07) is 4.17. The van der Waals surface area contributed by atoms with Crippen LogP contribution in [0.5, 0.6) is 0 Å². The minimum atomic E-state index is 0.601. The molecular formula is C27H42N6O3. The summed E-state index contributed by atoms with van der Waals surface area (Å²) in [4.78, 5) is 13.2. The Hall–Kier alpha value is -2.01. The number of aromatic nitrogens is 2. The van der Waals surface area contributed by atoms with Crippen LogP contribution in [-0.2, 0) is 15.9 Å². The van der Waals surface area contributed by atoms with Crippen LogP contribution >= 0.6 is 0 Å². The number of benzene rings is 1. The average Bonchev–Trinajstić information content (AvgIpc) is 3.57. The van der Waals surface area contributed by atoms with E-state index >= 15 is 0 Å². The Balaban J connectivity index is 0.000000226. The minimum Gasteiger partial charge on any atom is -0.441 e. The van der Waals surface area contributed by atoms with Gasteiger partial charge >= 0.3 is 0 Å². The number of piperidine rings is 1. The highest BCUT2D eigenvalue weighted by atomic mass is 16.5. The van der Waals surface area contributed by atoms with Crippen molar-refractivity contribution in [3.63, 3.8) is 0 Å². The molecule has 198 valence electrons. The smallest absolute Gasteiger partial charge is 0.196 e. The molecule has 5 heterocycles. The van der Waals surface area contributed by atoms with Crippen LogP contribution in [0.4, 0.5) is 0 Å². The van der Waals surface area contributed by atoms with Crippen LogP contribution < -0.4 is 11.1 Å². The Labute approximate surface area is 213 Å². The van der Waals surface area contributed by atoms with Crippen molar-refractivity contribution >= 4 is 22.0 Å². The molecule has 0 saturated carbocycles. The van der Waals surface area contributed by atoms with Crippen LogP contribution in [0.25, 0.3) is 22.0 Å². The average molecular weight is 499 g/mol. The van der Waals surface area contributed by atoms with Gasteiger partial charge in [-0.3, -0.25) is 9.80 Å². The lowest BCUT2D eigenvalue weighted by atomic mass is 9.90. The summed E-state index contributed by atoms with van der Waals surface area (Å²) in [6.45, 7) is 12.7. The van der Waals surface area contributed by atoms with E-state index in [0.29, 0.717) is 5.92 Å². The maximum Gasteiger partial charge on any atom is 0.196 e. The van der Waals surface area contributed by atoms with Gasteiger partial charge in [0.1, 0.15) is 5.52 Å². The van der Waals surface area contributed by atoms with Gasteiger partial charge in [-0.2, -0.15) is 0 Å². The number of oxazole rings is 1. The number of rotatable bonds is 7. The number of nitrogens with two attached hydrogens (primary N) is 1. The van der Waals surface area contributed by atoms with Crippen molar-refractivity contribution in [2.75, 3.05) is 85.3 Å². The predicted octanol–water partition coefficient (Wildman–Crippen LogP) is 2.32. The molecule has 6 rings (SSSR count). The molecule has 0 unspecified atom stereocenters. The van der Waals surface area contributed by atoms with Gasteiger partial charge in [0.15, 0.2) is 11.5 Å². The normalized spacial score (nSPS) is 20.6. The van der Waals surface area contributed by atoms with Gasteiger partial charge in [0.2, 0.25) is 0 Å². The van der Waals surface area contributed by atoms with Gasteiger partial charge in [0.05, 0.1) is 26.4 Å². The quantitative estimate of drug-likeness (QED) is 0.456. The second-order valence-electron chi connectivity index (χ2n) is 10.0. The molecule has 9 heteroatoms. The molecule has 3 saturated heterocycles.